The molecule has 2 rings (SSSR count). The van der Waals surface area contributed by atoms with Crippen molar-refractivity contribution in [2.24, 2.45) is 0 Å². The van der Waals surface area contributed by atoms with Crippen LogP contribution in [0.3, 0.4) is 0 Å². The van der Waals surface area contributed by atoms with Crippen molar-refractivity contribution >= 4 is 68.4 Å². The van der Waals surface area contributed by atoms with Gasteiger partial charge in [0.15, 0.2) is 0 Å². The molecule has 0 aromatic heterocycles. The predicted molar refractivity (Wildman–Crippen MR) is 56.5 cm³/mol. The monoisotopic (exact) mass is 196 g/mol. The molecule has 0 aliphatic carbocycles. The van der Waals surface area contributed by atoms with Crippen molar-refractivity contribution in [3.8, 4) is 0 Å². The van der Waals surface area contributed by atoms with E-state index in [-0.39, 0.29) is 51.4 Å². The van der Waals surface area contributed by atoms with Gasteiger partial charge in [-0.05, 0) is 16.8 Å². The van der Waals surface area contributed by atoms with Crippen LogP contribution in [0.25, 0.3) is 10.8 Å². The topological polar surface area (TPSA) is 17.1 Å². The van der Waals surface area contributed by atoms with Crippen molar-refractivity contribution in [3.05, 3.63) is 48.0 Å². The average Bonchev–Trinajstić information content (AvgIpc) is 2.17. The van der Waals surface area contributed by atoms with E-state index in [4.69, 9.17) is 0 Å². The zero-order valence-electron chi connectivity index (χ0n) is 6.53. The molecule has 0 aliphatic heterocycles. The molecule has 0 saturated carbocycles. The Balaban J connectivity index is 0.000000845. The standard InChI is InChI=1S/C11H8O.K.H/c12-8-9-5-6-10-3-1-2-4-11(10)7-9;;/h1-8H;;. The van der Waals surface area contributed by atoms with Gasteiger partial charge in [0, 0.05) is 5.56 Å². The van der Waals surface area contributed by atoms with Crippen molar-refractivity contribution in [3.63, 3.8) is 0 Å². The molecule has 13 heavy (non-hydrogen) atoms. The van der Waals surface area contributed by atoms with E-state index in [0.29, 0.717) is 0 Å². The molecule has 0 amide bonds. The molecule has 60 valence electrons. The summed E-state index contributed by atoms with van der Waals surface area (Å²) in [6, 6.07) is 13.7. The van der Waals surface area contributed by atoms with Gasteiger partial charge in [-0.2, -0.15) is 0 Å². The quantitative estimate of drug-likeness (QED) is 0.503. The average molecular weight is 196 g/mol. The second kappa shape index (κ2) is 5.03. The van der Waals surface area contributed by atoms with Crippen LogP contribution in [0, 0.1) is 0 Å². The zero-order chi connectivity index (χ0) is 8.39. The molecule has 0 spiro atoms. The molecule has 0 aliphatic rings. The van der Waals surface area contributed by atoms with E-state index in [0.717, 1.165) is 17.2 Å². The van der Waals surface area contributed by atoms with Gasteiger partial charge in [-0.25, -0.2) is 0 Å². The van der Waals surface area contributed by atoms with E-state index in [2.05, 4.69) is 0 Å². The normalized spacial score (nSPS) is 9.23. The Morgan fingerprint density at radius 1 is 0.923 bits per heavy atom. The Bertz CT molecular complexity index is 423. The van der Waals surface area contributed by atoms with Gasteiger partial charge in [0.05, 0.1) is 0 Å². The number of carbonyl (C=O) groups is 1. The van der Waals surface area contributed by atoms with E-state index in [1.165, 1.54) is 5.39 Å². The molecule has 2 aromatic rings. The summed E-state index contributed by atoms with van der Waals surface area (Å²) in [6.07, 6.45) is 0.867. The molecular weight excluding hydrogens is 187 g/mol. The summed E-state index contributed by atoms with van der Waals surface area (Å²) in [4.78, 5) is 10.5. The number of carbonyl (C=O) groups excluding carboxylic acids is 1. The Labute approximate surface area is 120 Å². The van der Waals surface area contributed by atoms with Gasteiger partial charge in [0.25, 0.3) is 0 Å². The van der Waals surface area contributed by atoms with E-state index in [1.54, 1.807) is 0 Å². The molecule has 0 fully saturated rings. The number of aldehydes is 1. The summed E-state index contributed by atoms with van der Waals surface area (Å²) >= 11 is 0. The van der Waals surface area contributed by atoms with Gasteiger partial charge in [-0.1, -0.05) is 36.4 Å². The predicted octanol–water partition coefficient (Wildman–Crippen LogP) is 2.00. The minimum atomic E-state index is 0. The van der Waals surface area contributed by atoms with E-state index >= 15 is 0 Å². The van der Waals surface area contributed by atoms with Crippen LogP contribution in [0.4, 0.5) is 0 Å². The number of hydrogen-bond donors (Lipinski definition) is 0. The molecule has 2 aromatic carbocycles. The summed E-state index contributed by atoms with van der Waals surface area (Å²) in [6.45, 7) is 0. The van der Waals surface area contributed by atoms with Crippen LogP contribution in [-0.2, 0) is 0 Å². The van der Waals surface area contributed by atoms with E-state index < -0.39 is 0 Å². The second-order valence-corrected chi connectivity index (χ2v) is 2.72. The summed E-state index contributed by atoms with van der Waals surface area (Å²) in [5.41, 5.74) is 0.730. The van der Waals surface area contributed by atoms with Crippen LogP contribution in [0.5, 0.6) is 0 Å². The molecule has 2 heteroatoms. The van der Waals surface area contributed by atoms with E-state index in [9.17, 15) is 4.79 Å². The fourth-order valence-corrected chi connectivity index (χ4v) is 1.28. The molecular formula is C11H9KO. The Hall–Kier alpha value is 0.00636. The van der Waals surface area contributed by atoms with Crippen LogP contribution in [0.2, 0.25) is 0 Å². The van der Waals surface area contributed by atoms with Crippen molar-refractivity contribution in [1.82, 2.24) is 0 Å². The third-order valence-corrected chi connectivity index (χ3v) is 1.91. The van der Waals surface area contributed by atoms with E-state index in [1.807, 2.05) is 42.5 Å². The van der Waals surface area contributed by atoms with Gasteiger partial charge >= 0.3 is 51.4 Å². The molecule has 0 radical (unpaired) electrons. The maximum absolute atomic E-state index is 10.5. The zero-order valence-corrected chi connectivity index (χ0v) is 6.53. The summed E-state index contributed by atoms with van der Waals surface area (Å²) in [5, 5.41) is 2.28. The van der Waals surface area contributed by atoms with Gasteiger partial charge in [0.2, 0.25) is 0 Å². The van der Waals surface area contributed by atoms with Crippen LogP contribution >= 0.6 is 0 Å². The Morgan fingerprint density at radius 3 is 2.31 bits per heavy atom. The van der Waals surface area contributed by atoms with Gasteiger partial charge < -0.3 is 0 Å². The molecule has 0 unspecified atom stereocenters. The molecule has 0 N–H and O–H groups in total. The molecule has 0 bridgehead atoms. The van der Waals surface area contributed by atoms with Gasteiger partial charge in [-0.15, -0.1) is 0 Å². The molecule has 0 atom stereocenters. The van der Waals surface area contributed by atoms with Crippen molar-refractivity contribution < 1.29 is 4.79 Å². The fraction of sp³-hybridized carbons (Fsp3) is 0. The fourth-order valence-electron chi connectivity index (χ4n) is 1.28. The SMILES string of the molecule is O=Cc1ccc2ccccc2c1.[KH]. The minimum absolute atomic E-state index is 0. The van der Waals surface area contributed by atoms with Crippen molar-refractivity contribution in [1.29, 1.82) is 0 Å². The van der Waals surface area contributed by atoms with Crippen LogP contribution < -0.4 is 0 Å². The van der Waals surface area contributed by atoms with Crippen molar-refractivity contribution in [2.75, 3.05) is 0 Å². The Morgan fingerprint density at radius 2 is 1.62 bits per heavy atom. The number of benzene rings is 2. The van der Waals surface area contributed by atoms with Crippen LogP contribution in [0.15, 0.2) is 42.5 Å². The summed E-state index contributed by atoms with van der Waals surface area (Å²) in [5.74, 6) is 0. The van der Waals surface area contributed by atoms with Crippen LogP contribution in [-0.4, -0.2) is 57.7 Å². The second-order valence-electron chi connectivity index (χ2n) is 2.72. The summed E-state index contributed by atoms with van der Waals surface area (Å²) in [7, 11) is 0. The number of rotatable bonds is 1. The van der Waals surface area contributed by atoms with Gasteiger partial charge in [-0.3, -0.25) is 4.79 Å². The molecule has 0 heterocycles. The van der Waals surface area contributed by atoms with Gasteiger partial charge in [0.1, 0.15) is 6.29 Å². The number of fused-ring (bicyclic) bond motifs is 1. The first-order valence-corrected chi connectivity index (χ1v) is 3.84. The third kappa shape index (κ3) is 2.48. The summed E-state index contributed by atoms with van der Waals surface area (Å²) < 4.78 is 0. The first-order valence-electron chi connectivity index (χ1n) is 3.84. The first-order chi connectivity index (χ1) is 5.90. The first kappa shape index (κ1) is 11.1. The maximum atomic E-state index is 10.5. The molecule has 0 saturated heterocycles. The van der Waals surface area contributed by atoms with Crippen LogP contribution in [0.1, 0.15) is 10.4 Å². The Kier molecular flexibility index (Phi) is 4.29. The van der Waals surface area contributed by atoms with Crippen molar-refractivity contribution in [2.45, 2.75) is 0 Å². The molecule has 1 nitrogen and oxygen atoms in total. The third-order valence-electron chi connectivity index (χ3n) is 1.91. The number of hydrogen-bond acceptors (Lipinski definition) is 1.